The van der Waals surface area contributed by atoms with E-state index in [4.69, 9.17) is 0 Å². The van der Waals surface area contributed by atoms with Crippen LogP contribution in [0.5, 0.6) is 0 Å². The lowest BCUT2D eigenvalue weighted by Gasteiger charge is -2.36. The Morgan fingerprint density at radius 3 is 2.24 bits per heavy atom. The molecule has 1 aromatic heterocycles. The number of piperazine rings is 2. The fourth-order valence-corrected chi connectivity index (χ4v) is 4.10. The minimum atomic E-state index is 0.248. The molecule has 2 aliphatic rings. The predicted octanol–water partition coefficient (Wildman–Crippen LogP) is 1.31. The average Bonchev–Trinajstić information content (AvgIpc) is 2.74. The number of nitrogens with zero attached hydrogens (tertiary/aromatic N) is 5. The van der Waals surface area contributed by atoms with Crippen molar-refractivity contribution < 1.29 is 4.79 Å². The minimum Gasteiger partial charge on any atom is -0.353 e. The molecule has 2 aromatic rings. The number of hydrogen-bond donors (Lipinski definition) is 1. The summed E-state index contributed by atoms with van der Waals surface area (Å²) in [6.07, 6.45) is 3.73. The number of rotatable bonds is 4. The molecule has 2 fully saturated rings. The van der Waals surface area contributed by atoms with Gasteiger partial charge in [0.2, 0.25) is 5.91 Å². The van der Waals surface area contributed by atoms with Crippen LogP contribution in [0, 0.1) is 13.8 Å². The second-order valence-corrected chi connectivity index (χ2v) is 8.03. The molecule has 0 saturated carbocycles. The SMILES string of the molecule is Cc1cc(C)cc(-c2cnc(N3CCN(CC(=O)N4CCNCC4)CC3)cn2)c1. The van der Waals surface area contributed by atoms with E-state index in [0.717, 1.165) is 69.4 Å². The summed E-state index contributed by atoms with van der Waals surface area (Å²) in [6.45, 7) is 11.6. The molecule has 1 N–H and O–H groups in total. The zero-order chi connectivity index (χ0) is 20.2. The number of amides is 1. The summed E-state index contributed by atoms with van der Waals surface area (Å²) in [5.74, 6) is 1.16. The third-order valence-corrected chi connectivity index (χ3v) is 5.68. The van der Waals surface area contributed by atoms with E-state index < -0.39 is 0 Å². The van der Waals surface area contributed by atoms with Crippen molar-refractivity contribution in [2.75, 3.05) is 63.8 Å². The number of carbonyl (C=O) groups excluding carboxylic acids is 1. The van der Waals surface area contributed by atoms with E-state index in [-0.39, 0.29) is 5.91 Å². The highest BCUT2D eigenvalue weighted by Crippen LogP contribution is 2.21. The zero-order valence-corrected chi connectivity index (χ0v) is 17.4. The second-order valence-electron chi connectivity index (χ2n) is 8.03. The molecule has 0 bridgehead atoms. The van der Waals surface area contributed by atoms with Gasteiger partial charge in [-0.25, -0.2) is 4.98 Å². The topological polar surface area (TPSA) is 64.6 Å². The fourth-order valence-electron chi connectivity index (χ4n) is 4.10. The van der Waals surface area contributed by atoms with Crippen LogP contribution in [0.2, 0.25) is 0 Å². The Morgan fingerprint density at radius 2 is 1.62 bits per heavy atom. The third-order valence-electron chi connectivity index (χ3n) is 5.68. The highest BCUT2D eigenvalue weighted by Gasteiger charge is 2.23. The van der Waals surface area contributed by atoms with Gasteiger partial charge in [-0.3, -0.25) is 14.7 Å². The van der Waals surface area contributed by atoms with Gasteiger partial charge < -0.3 is 15.1 Å². The van der Waals surface area contributed by atoms with Crippen LogP contribution in [0.25, 0.3) is 11.3 Å². The number of nitrogens with one attached hydrogen (secondary N) is 1. The molecular formula is C22H30N6O. The van der Waals surface area contributed by atoms with E-state index >= 15 is 0 Å². The van der Waals surface area contributed by atoms with Crippen LogP contribution in [0.3, 0.4) is 0 Å². The largest absolute Gasteiger partial charge is 0.353 e. The van der Waals surface area contributed by atoms with E-state index in [1.165, 1.54) is 11.1 Å². The third kappa shape index (κ3) is 4.92. The van der Waals surface area contributed by atoms with Gasteiger partial charge in [0.1, 0.15) is 5.82 Å². The smallest absolute Gasteiger partial charge is 0.236 e. The summed E-state index contributed by atoms with van der Waals surface area (Å²) in [7, 11) is 0. The molecule has 1 aromatic carbocycles. The van der Waals surface area contributed by atoms with Gasteiger partial charge in [-0.1, -0.05) is 17.2 Å². The maximum Gasteiger partial charge on any atom is 0.236 e. The number of hydrogen-bond acceptors (Lipinski definition) is 6. The lowest BCUT2D eigenvalue weighted by molar-refractivity contribution is -0.133. The Bertz CT molecular complexity index is 819. The molecule has 29 heavy (non-hydrogen) atoms. The molecule has 4 rings (SSSR count). The Kier molecular flexibility index (Phi) is 6.06. The summed E-state index contributed by atoms with van der Waals surface area (Å²) in [5.41, 5.74) is 4.48. The maximum atomic E-state index is 12.5. The quantitative estimate of drug-likeness (QED) is 0.844. The highest BCUT2D eigenvalue weighted by molar-refractivity contribution is 5.78. The van der Waals surface area contributed by atoms with Gasteiger partial charge in [0.25, 0.3) is 0 Å². The molecule has 0 unspecified atom stereocenters. The molecule has 0 aliphatic carbocycles. The maximum absolute atomic E-state index is 12.5. The van der Waals surface area contributed by atoms with Crippen LogP contribution in [0.4, 0.5) is 5.82 Å². The van der Waals surface area contributed by atoms with Crippen molar-refractivity contribution in [1.82, 2.24) is 25.1 Å². The number of aryl methyl sites for hydroxylation is 2. The van der Waals surface area contributed by atoms with Gasteiger partial charge in [-0.2, -0.15) is 0 Å². The number of carbonyl (C=O) groups is 1. The molecule has 0 atom stereocenters. The van der Waals surface area contributed by atoms with Crippen LogP contribution in [0.15, 0.2) is 30.6 Å². The Labute approximate surface area is 172 Å². The minimum absolute atomic E-state index is 0.248. The van der Waals surface area contributed by atoms with E-state index in [1.807, 2.05) is 17.3 Å². The first-order valence-electron chi connectivity index (χ1n) is 10.4. The molecule has 1 amide bonds. The lowest BCUT2D eigenvalue weighted by atomic mass is 10.1. The van der Waals surface area contributed by atoms with Crippen LogP contribution < -0.4 is 10.2 Å². The normalized spacial score (nSPS) is 18.1. The van der Waals surface area contributed by atoms with E-state index in [9.17, 15) is 4.79 Å². The summed E-state index contributed by atoms with van der Waals surface area (Å²) in [4.78, 5) is 28.2. The fraction of sp³-hybridized carbons (Fsp3) is 0.500. The average molecular weight is 395 g/mol. The second kappa shape index (κ2) is 8.88. The van der Waals surface area contributed by atoms with Gasteiger partial charge in [0.05, 0.1) is 24.6 Å². The molecular weight excluding hydrogens is 364 g/mol. The van der Waals surface area contributed by atoms with Gasteiger partial charge in [0, 0.05) is 57.9 Å². The molecule has 3 heterocycles. The molecule has 2 aliphatic heterocycles. The van der Waals surface area contributed by atoms with Crippen LogP contribution in [-0.2, 0) is 4.79 Å². The standard InChI is InChI=1S/C22H30N6O/c1-17-11-18(2)13-19(12-17)20-14-25-21(15-24-20)27-9-7-26(8-10-27)16-22(29)28-5-3-23-4-6-28/h11-15,23H,3-10,16H2,1-2H3. The van der Waals surface area contributed by atoms with Gasteiger partial charge in [-0.05, 0) is 26.0 Å². The monoisotopic (exact) mass is 394 g/mol. The first kappa shape index (κ1) is 19.8. The summed E-state index contributed by atoms with van der Waals surface area (Å²) in [5, 5.41) is 3.29. The molecule has 0 spiro atoms. The van der Waals surface area contributed by atoms with Crippen LogP contribution in [0.1, 0.15) is 11.1 Å². The van der Waals surface area contributed by atoms with Crippen molar-refractivity contribution in [3.05, 3.63) is 41.7 Å². The number of aromatic nitrogens is 2. The molecule has 0 radical (unpaired) electrons. The summed E-state index contributed by atoms with van der Waals surface area (Å²) >= 11 is 0. The first-order valence-corrected chi connectivity index (χ1v) is 10.4. The summed E-state index contributed by atoms with van der Waals surface area (Å²) in [6, 6.07) is 6.45. The van der Waals surface area contributed by atoms with Gasteiger partial charge in [-0.15, -0.1) is 0 Å². The van der Waals surface area contributed by atoms with Crippen molar-refractivity contribution in [1.29, 1.82) is 0 Å². The predicted molar refractivity (Wildman–Crippen MR) is 115 cm³/mol. The molecule has 154 valence electrons. The first-order chi connectivity index (χ1) is 14.1. The Balaban J connectivity index is 1.32. The Hall–Kier alpha value is -2.51. The van der Waals surface area contributed by atoms with Crippen molar-refractivity contribution in [3.8, 4) is 11.3 Å². The number of benzene rings is 1. The van der Waals surface area contributed by atoms with E-state index in [0.29, 0.717) is 6.54 Å². The molecule has 7 nitrogen and oxygen atoms in total. The Morgan fingerprint density at radius 1 is 0.931 bits per heavy atom. The van der Waals surface area contributed by atoms with Gasteiger partial charge in [0.15, 0.2) is 0 Å². The van der Waals surface area contributed by atoms with Gasteiger partial charge >= 0.3 is 0 Å². The molecule has 2 saturated heterocycles. The van der Waals surface area contributed by atoms with Crippen molar-refractivity contribution in [3.63, 3.8) is 0 Å². The van der Waals surface area contributed by atoms with E-state index in [2.05, 4.69) is 57.1 Å². The van der Waals surface area contributed by atoms with Crippen molar-refractivity contribution >= 4 is 11.7 Å². The number of anilines is 1. The lowest BCUT2D eigenvalue weighted by Crippen LogP contribution is -2.53. The highest BCUT2D eigenvalue weighted by atomic mass is 16.2. The van der Waals surface area contributed by atoms with E-state index in [1.54, 1.807) is 0 Å². The van der Waals surface area contributed by atoms with Crippen molar-refractivity contribution in [2.24, 2.45) is 0 Å². The van der Waals surface area contributed by atoms with Crippen LogP contribution >= 0.6 is 0 Å². The van der Waals surface area contributed by atoms with Crippen molar-refractivity contribution in [2.45, 2.75) is 13.8 Å². The van der Waals surface area contributed by atoms with Crippen LogP contribution in [-0.4, -0.2) is 84.6 Å². The molecule has 7 heteroatoms. The zero-order valence-electron chi connectivity index (χ0n) is 17.4. The summed E-state index contributed by atoms with van der Waals surface area (Å²) < 4.78 is 0.